The zero-order chi connectivity index (χ0) is 12.4. The summed E-state index contributed by atoms with van der Waals surface area (Å²) in [5.74, 6) is 0.179. The Balaban J connectivity index is 2.44. The van der Waals surface area contributed by atoms with Gasteiger partial charge < -0.3 is 10.5 Å². The SMILES string of the molecule is COC(=O)c1ncn(-c2ncnc(N)c2C)n1. The second kappa shape index (κ2) is 4.16. The molecule has 0 aromatic carbocycles. The number of methoxy groups -OCH3 is 1. The third-order valence-electron chi connectivity index (χ3n) is 2.17. The minimum Gasteiger partial charge on any atom is -0.463 e. The fourth-order valence-electron chi connectivity index (χ4n) is 1.23. The highest BCUT2D eigenvalue weighted by Crippen LogP contribution is 2.13. The number of hydrogen-bond donors (Lipinski definition) is 1. The van der Waals surface area contributed by atoms with Gasteiger partial charge in [-0.1, -0.05) is 0 Å². The van der Waals surface area contributed by atoms with Gasteiger partial charge >= 0.3 is 5.97 Å². The maximum absolute atomic E-state index is 11.2. The molecular formula is C9H10N6O2. The summed E-state index contributed by atoms with van der Waals surface area (Å²) in [6.45, 7) is 1.75. The molecule has 0 aliphatic rings. The zero-order valence-electron chi connectivity index (χ0n) is 9.28. The van der Waals surface area contributed by atoms with Gasteiger partial charge in [0.05, 0.1) is 7.11 Å². The molecular weight excluding hydrogens is 224 g/mol. The van der Waals surface area contributed by atoms with Crippen molar-refractivity contribution in [1.29, 1.82) is 0 Å². The smallest absolute Gasteiger partial charge is 0.377 e. The Morgan fingerprint density at radius 2 is 2.18 bits per heavy atom. The molecule has 0 amide bonds. The first kappa shape index (κ1) is 11.0. The van der Waals surface area contributed by atoms with Gasteiger partial charge in [0.1, 0.15) is 18.5 Å². The average molecular weight is 234 g/mol. The summed E-state index contributed by atoms with van der Waals surface area (Å²) in [4.78, 5) is 22.9. The van der Waals surface area contributed by atoms with E-state index in [1.165, 1.54) is 24.4 Å². The molecule has 0 radical (unpaired) electrons. The van der Waals surface area contributed by atoms with Crippen molar-refractivity contribution < 1.29 is 9.53 Å². The number of esters is 1. The molecule has 0 saturated carbocycles. The molecule has 2 aromatic heterocycles. The second-order valence-corrected chi connectivity index (χ2v) is 3.21. The van der Waals surface area contributed by atoms with Gasteiger partial charge in [0.2, 0.25) is 0 Å². The number of anilines is 1. The second-order valence-electron chi connectivity index (χ2n) is 3.21. The summed E-state index contributed by atoms with van der Waals surface area (Å²) < 4.78 is 5.85. The third kappa shape index (κ3) is 1.92. The summed E-state index contributed by atoms with van der Waals surface area (Å²) >= 11 is 0. The van der Waals surface area contributed by atoms with E-state index in [4.69, 9.17) is 5.73 Å². The van der Waals surface area contributed by atoms with Crippen molar-refractivity contribution in [2.75, 3.05) is 12.8 Å². The Hall–Kier alpha value is -2.51. The van der Waals surface area contributed by atoms with Gasteiger partial charge in [0.15, 0.2) is 5.82 Å². The van der Waals surface area contributed by atoms with Crippen LogP contribution in [0.1, 0.15) is 16.2 Å². The Labute approximate surface area is 96.5 Å². The van der Waals surface area contributed by atoms with E-state index in [-0.39, 0.29) is 5.82 Å². The van der Waals surface area contributed by atoms with E-state index in [9.17, 15) is 4.79 Å². The van der Waals surface area contributed by atoms with Crippen molar-refractivity contribution in [2.24, 2.45) is 0 Å². The van der Waals surface area contributed by atoms with Gasteiger partial charge in [0, 0.05) is 5.56 Å². The standard InChI is InChI=1S/C9H10N6O2/c1-5-6(10)11-3-12-8(5)15-4-13-7(14-15)9(16)17-2/h3-4H,1-2H3,(H2,10,11,12). The minimum atomic E-state index is -0.608. The first-order chi connectivity index (χ1) is 8.13. The summed E-state index contributed by atoms with van der Waals surface area (Å²) in [6, 6.07) is 0. The van der Waals surface area contributed by atoms with E-state index in [0.29, 0.717) is 17.2 Å². The summed E-state index contributed by atoms with van der Waals surface area (Å²) in [5.41, 5.74) is 6.31. The van der Waals surface area contributed by atoms with Gasteiger partial charge in [-0.25, -0.2) is 24.4 Å². The van der Waals surface area contributed by atoms with Gasteiger partial charge in [-0.3, -0.25) is 0 Å². The molecule has 0 bridgehead atoms. The summed E-state index contributed by atoms with van der Waals surface area (Å²) in [6.07, 6.45) is 2.68. The topological polar surface area (TPSA) is 109 Å². The summed E-state index contributed by atoms with van der Waals surface area (Å²) in [5, 5.41) is 3.94. The van der Waals surface area contributed by atoms with Crippen molar-refractivity contribution in [3.63, 3.8) is 0 Å². The molecule has 0 saturated heterocycles. The molecule has 0 spiro atoms. The van der Waals surface area contributed by atoms with Crippen molar-refractivity contribution in [1.82, 2.24) is 24.7 Å². The van der Waals surface area contributed by atoms with Gasteiger partial charge in [-0.05, 0) is 6.92 Å². The number of aromatic nitrogens is 5. The lowest BCUT2D eigenvalue weighted by atomic mass is 10.3. The van der Waals surface area contributed by atoms with Crippen LogP contribution in [0, 0.1) is 6.92 Å². The lowest BCUT2D eigenvalue weighted by Gasteiger charge is -2.04. The fraction of sp³-hybridized carbons (Fsp3) is 0.222. The molecule has 0 atom stereocenters. The number of nitrogens with two attached hydrogens (primary N) is 1. The maximum Gasteiger partial charge on any atom is 0.377 e. The highest BCUT2D eigenvalue weighted by atomic mass is 16.5. The van der Waals surface area contributed by atoms with E-state index >= 15 is 0 Å². The molecule has 8 nitrogen and oxygen atoms in total. The van der Waals surface area contributed by atoms with Crippen LogP contribution in [-0.4, -0.2) is 37.8 Å². The first-order valence-electron chi connectivity index (χ1n) is 4.71. The number of hydrogen-bond acceptors (Lipinski definition) is 7. The van der Waals surface area contributed by atoms with Crippen molar-refractivity contribution in [3.05, 3.63) is 24.0 Å². The van der Waals surface area contributed by atoms with Crippen LogP contribution in [0.4, 0.5) is 5.82 Å². The molecule has 0 aliphatic carbocycles. The molecule has 2 N–H and O–H groups in total. The zero-order valence-corrected chi connectivity index (χ0v) is 9.28. The van der Waals surface area contributed by atoms with Crippen LogP contribution in [0.3, 0.4) is 0 Å². The number of nitrogens with zero attached hydrogens (tertiary/aromatic N) is 5. The Morgan fingerprint density at radius 3 is 2.88 bits per heavy atom. The molecule has 0 unspecified atom stereocenters. The predicted molar refractivity (Wildman–Crippen MR) is 57.4 cm³/mol. The van der Waals surface area contributed by atoms with Gasteiger partial charge in [0.25, 0.3) is 5.82 Å². The normalized spacial score (nSPS) is 10.2. The predicted octanol–water partition coefficient (Wildman–Crippen LogP) is -0.265. The Bertz CT molecular complexity index is 564. The van der Waals surface area contributed by atoms with E-state index in [1.807, 2.05) is 0 Å². The maximum atomic E-state index is 11.2. The van der Waals surface area contributed by atoms with Crippen molar-refractivity contribution in [2.45, 2.75) is 6.92 Å². The molecule has 0 fully saturated rings. The van der Waals surface area contributed by atoms with Gasteiger partial charge in [-0.15, -0.1) is 5.10 Å². The van der Waals surface area contributed by atoms with Crippen molar-refractivity contribution >= 4 is 11.8 Å². The number of nitrogen functional groups attached to an aromatic ring is 1. The average Bonchev–Trinajstić information content (AvgIpc) is 2.81. The van der Waals surface area contributed by atoms with E-state index in [1.54, 1.807) is 6.92 Å². The number of carbonyl (C=O) groups excluding carboxylic acids is 1. The molecule has 2 heterocycles. The van der Waals surface area contributed by atoms with Crippen LogP contribution in [0.5, 0.6) is 0 Å². The van der Waals surface area contributed by atoms with Crippen LogP contribution >= 0.6 is 0 Å². The van der Waals surface area contributed by atoms with Crippen LogP contribution in [0.15, 0.2) is 12.7 Å². The Kier molecular flexibility index (Phi) is 2.69. The lowest BCUT2D eigenvalue weighted by Crippen LogP contribution is -2.08. The van der Waals surface area contributed by atoms with Gasteiger partial charge in [-0.2, -0.15) is 0 Å². The molecule has 2 aromatic rings. The number of ether oxygens (including phenoxy) is 1. The van der Waals surface area contributed by atoms with Crippen LogP contribution in [-0.2, 0) is 4.74 Å². The quantitative estimate of drug-likeness (QED) is 0.712. The molecule has 88 valence electrons. The fourth-order valence-corrected chi connectivity index (χ4v) is 1.23. The molecule has 17 heavy (non-hydrogen) atoms. The summed E-state index contributed by atoms with van der Waals surface area (Å²) in [7, 11) is 1.26. The van der Waals surface area contributed by atoms with E-state index < -0.39 is 5.97 Å². The highest BCUT2D eigenvalue weighted by molar-refractivity contribution is 5.84. The first-order valence-corrected chi connectivity index (χ1v) is 4.71. The highest BCUT2D eigenvalue weighted by Gasteiger charge is 2.14. The molecule has 8 heteroatoms. The van der Waals surface area contributed by atoms with E-state index in [0.717, 1.165) is 0 Å². The van der Waals surface area contributed by atoms with Crippen LogP contribution in [0.25, 0.3) is 5.82 Å². The van der Waals surface area contributed by atoms with E-state index in [2.05, 4.69) is 24.8 Å². The van der Waals surface area contributed by atoms with Crippen LogP contribution < -0.4 is 5.73 Å². The Morgan fingerprint density at radius 1 is 1.41 bits per heavy atom. The number of carbonyl (C=O) groups is 1. The largest absolute Gasteiger partial charge is 0.463 e. The van der Waals surface area contributed by atoms with Crippen LogP contribution in [0.2, 0.25) is 0 Å². The molecule has 2 rings (SSSR count). The lowest BCUT2D eigenvalue weighted by molar-refractivity contribution is 0.0587. The number of rotatable bonds is 2. The van der Waals surface area contributed by atoms with Crippen molar-refractivity contribution in [3.8, 4) is 5.82 Å². The third-order valence-corrected chi connectivity index (χ3v) is 2.17. The minimum absolute atomic E-state index is 0.0379. The molecule has 0 aliphatic heterocycles. The monoisotopic (exact) mass is 234 g/mol.